The quantitative estimate of drug-likeness (QED) is 0.775. The van der Waals surface area contributed by atoms with E-state index in [1.165, 1.54) is 6.07 Å². The maximum absolute atomic E-state index is 13.8. The van der Waals surface area contributed by atoms with Gasteiger partial charge in [-0.2, -0.15) is 0 Å². The minimum atomic E-state index is -0.192. The molecule has 0 fully saturated rings. The number of rotatable bonds is 2. The summed E-state index contributed by atoms with van der Waals surface area (Å²) in [4.78, 5) is 0. The van der Waals surface area contributed by atoms with Gasteiger partial charge >= 0.3 is 0 Å². The van der Waals surface area contributed by atoms with Crippen molar-refractivity contribution in [3.8, 4) is 11.1 Å². The van der Waals surface area contributed by atoms with Crippen LogP contribution in [0.5, 0.6) is 0 Å². The van der Waals surface area contributed by atoms with E-state index < -0.39 is 0 Å². The zero-order valence-corrected chi connectivity index (χ0v) is 10.1. The topological polar surface area (TPSA) is 26.0 Å². The fourth-order valence-electron chi connectivity index (χ4n) is 1.94. The molecular weight excluding hydrogens is 213 g/mol. The Kier molecular flexibility index (Phi) is 3.14. The molecule has 17 heavy (non-hydrogen) atoms. The normalized spacial score (nSPS) is 10.5. The van der Waals surface area contributed by atoms with Gasteiger partial charge in [0.05, 0.1) is 0 Å². The summed E-state index contributed by atoms with van der Waals surface area (Å²) in [5.41, 5.74) is 10.3. The molecule has 0 radical (unpaired) electrons. The van der Waals surface area contributed by atoms with E-state index in [9.17, 15) is 4.39 Å². The Balaban J connectivity index is 2.56. The summed E-state index contributed by atoms with van der Waals surface area (Å²) in [5.74, 6) is -0.192. The van der Waals surface area contributed by atoms with Crippen molar-refractivity contribution in [3.63, 3.8) is 0 Å². The number of hydrogen-bond acceptors (Lipinski definition) is 1. The van der Waals surface area contributed by atoms with Crippen LogP contribution in [0.3, 0.4) is 0 Å². The molecule has 0 aliphatic rings. The monoisotopic (exact) mass is 229 g/mol. The average molecular weight is 229 g/mol. The van der Waals surface area contributed by atoms with Crippen LogP contribution in [-0.2, 0) is 6.42 Å². The zero-order chi connectivity index (χ0) is 12.4. The number of aryl methyl sites for hydroxylation is 2. The lowest BCUT2D eigenvalue weighted by Gasteiger charge is -2.09. The second-order valence-corrected chi connectivity index (χ2v) is 4.25. The fraction of sp³-hybridized carbons (Fsp3) is 0.200. The van der Waals surface area contributed by atoms with E-state index in [0.717, 1.165) is 28.8 Å². The zero-order valence-electron chi connectivity index (χ0n) is 10.1. The molecule has 0 amide bonds. The largest absolute Gasteiger partial charge is 0.399 e. The van der Waals surface area contributed by atoms with Crippen molar-refractivity contribution in [2.24, 2.45) is 0 Å². The van der Waals surface area contributed by atoms with Crippen molar-refractivity contribution < 1.29 is 4.39 Å². The second-order valence-electron chi connectivity index (χ2n) is 4.25. The number of halogens is 1. The first-order valence-electron chi connectivity index (χ1n) is 5.76. The maximum Gasteiger partial charge on any atom is 0.131 e. The van der Waals surface area contributed by atoms with Crippen LogP contribution in [-0.4, -0.2) is 0 Å². The molecule has 0 atom stereocenters. The first-order chi connectivity index (χ1) is 8.11. The van der Waals surface area contributed by atoms with E-state index in [4.69, 9.17) is 5.73 Å². The third-order valence-electron chi connectivity index (χ3n) is 2.96. The smallest absolute Gasteiger partial charge is 0.131 e. The van der Waals surface area contributed by atoms with E-state index >= 15 is 0 Å². The summed E-state index contributed by atoms with van der Waals surface area (Å²) >= 11 is 0. The number of nitrogens with two attached hydrogens (primary N) is 1. The van der Waals surface area contributed by atoms with Crippen molar-refractivity contribution in [1.29, 1.82) is 0 Å². The van der Waals surface area contributed by atoms with E-state index in [-0.39, 0.29) is 5.82 Å². The molecule has 2 aromatic carbocycles. The van der Waals surface area contributed by atoms with Crippen LogP contribution in [0, 0.1) is 12.7 Å². The van der Waals surface area contributed by atoms with Gasteiger partial charge in [-0.05, 0) is 48.7 Å². The SMILES string of the molecule is CCc1cc(-c2cc(C)ccc2F)ccc1N. The van der Waals surface area contributed by atoms with Crippen LogP contribution in [0.2, 0.25) is 0 Å². The molecule has 88 valence electrons. The molecule has 0 unspecified atom stereocenters. The highest BCUT2D eigenvalue weighted by atomic mass is 19.1. The molecule has 0 aromatic heterocycles. The Morgan fingerprint density at radius 1 is 1.12 bits per heavy atom. The highest BCUT2D eigenvalue weighted by molar-refractivity contribution is 5.68. The summed E-state index contributed by atoms with van der Waals surface area (Å²) in [6.07, 6.45) is 0.854. The molecular formula is C15H16FN. The van der Waals surface area contributed by atoms with Gasteiger partial charge in [0.2, 0.25) is 0 Å². The molecule has 1 nitrogen and oxygen atoms in total. The van der Waals surface area contributed by atoms with Crippen LogP contribution in [0.1, 0.15) is 18.1 Å². The first kappa shape index (κ1) is 11.6. The van der Waals surface area contributed by atoms with Gasteiger partial charge in [-0.25, -0.2) is 4.39 Å². The van der Waals surface area contributed by atoms with E-state index in [0.29, 0.717) is 5.56 Å². The Hall–Kier alpha value is -1.83. The van der Waals surface area contributed by atoms with E-state index in [1.54, 1.807) is 6.07 Å². The van der Waals surface area contributed by atoms with E-state index in [1.807, 2.05) is 38.1 Å². The minimum absolute atomic E-state index is 0.192. The summed E-state index contributed by atoms with van der Waals surface area (Å²) in [5, 5.41) is 0. The Labute approximate surface area is 101 Å². The molecule has 0 spiro atoms. The summed E-state index contributed by atoms with van der Waals surface area (Å²) in [6, 6.07) is 10.8. The molecule has 2 heteroatoms. The molecule has 2 aromatic rings. The van der Waals surface area contributed by atoms with Crippen LogP contribution in [0.4, 0.5) is 10.1 Å². The molecule has 0 aliphatic heterocycles. The highest BCUT2D eigenvalue weighted by Crippen LogP contribution is 2.27. The summed E-state index contributed by atoms with van der Waals surface area (Å²) in [7, 11) is 0. The van der Waals surface area contributed by atoms with Gasteiger partial charge in [0, 0.05) is 11.3 Å². The number of anilines is 1. The summed E-state index contributed by atoms with van der Waals surface area (Å²) in [6.45, 7) is 4.00. The predicted octanol–water partition coefficient (Wildman–Crippen LogP) is 3.95. The molecule has 0 heterocycles. The molecule has 0 saturated carbocycles. The van der Waals surface area contributed by atoms with Crippen molar-refractivity contribution in [2.75, 3.05) is 5.73 Å². The Bertz CT molecular complexity index is 547. The molecule has 0 saturated heterocycles. The van der Waals surface area contributed by atoms with Gasteiger partial charge in [0.25, 0.3) is 0 Å². The van der Waals surface area contributed by atoms with Gasteiger partial charge in [-0.1, -0.05) is 24.6 Å². The molecule has 0 bridgehead atoms. The van der Waals surface area contributed by atoms with Gasteiger partial charge in [-0.3, -0.25) is 0 Å². The lowest BCUT2D eigenvalue weighted by atomic mass is 9.99. The number of benzene rings is 2. The molecule has 2 N–H and O–H groups in total. The maximum atomic E-state index is 13.8. The van der Waals surface area contributed by atoms with Crippen molar-refractivity contribution >= 4 is 5.69 Å². The van der Waals surface area contributed by atoms with Crippen LogP contribution in [0.15, 0.2) is 36.4 Å². The van der Waals surface area contributed by atoms with Gasteiger partial charge in [-0.15, -0.1) is 0 Å². The van der Waals surface area contributed by atoms with E-state index in [2.05, 4.69) is 0 Å². The second kappa shape index (κ2) is 4.58. The standard InChI is InChI=1S/C15H16FN/c1-3-11-9-12(5-7-15(11)17)13-8-10(2)4-6-14(13)16/h4-9H,3,17H2,1-2H3. The third kappa shape index (κ3) is 2.31. The predicted molar refractivity (Wildman–Crippen MR) is 70.4 cm³/mol. The van der Waals surface area contributed by atoms with Crippen LogP contribution >= 0.6 is 0 Å². The number of nitrogen functional groups attached to an aromatic ring is 1. The fourth-order valence-corrected chi connectivity index (χ4v) is 1.94. The lowest BCUT2D eigenvalue weighted by molar-refractivity contribution is 0.631. The first-order valence-corrected chi connectivity index (χ1v) is 5.76. The van der Waals surface area contributed by atoms with Crippen molar-refractivity contribution in [2.45, 2.75) is 20.3 Å². The highest BCUT2D eigenvalue weighted by Gasteiger charge is 2.07. The molecule has 0 aliphatic carbocycles. The summed E-state index contributed by atoms with van der Waals surface area (Å²) < 4.78 is 13.8. The van der Waals surface area contributed by atoms with Gasteiger partial charge < -0.3 is 5.73 Å². The Morgan fingerprint density at radius 2 is 1.88 bits per heavy atom. The van der Waals surface area contributed by atoms with Gasteiger partial charge in [0.1, 0.15) is 5.82 Å². The van der Waals surface area contributed by atoms with Crippen molar-refractivity contribution in [1.82, 2.24) is 0 Å². The third-order valence-corrected chi connectivity index (χ3v) is 2.96. The Morgan fingerprint density at radius 3 is 2.59 bits per heavy atom. The minimum Gasteiger partial charge on any atom is -0.399 e. The average Bonchev–Trinajstić information content (AvgIpc) is 2.33. The van der Waals surface area contributed by atoms with Crippen LogP contribution in [0.25, 0.3) is 11.1 Å². The number of hydrogen-bond donors (Lipinski definition) is 1. The van der Waals surface area contributed by atoms with Gasteiger partial charge in [0.15, 0.2) is 0 Å². The lowest BCUT2D eigenvalue weighted by Crippen LogP contribution is -1.94. The van der Waals surface area contributed by atoms with Crippen molar-refractivity contribution in [3.05, 3.63) is 53.3 Å². The van der Waals surface area contributed by atoms with Crippen LogP contribution < -0.4 is 5.73 Å². The molecule has 2 rings (SSSR count).